The summed E-state index contributed by atoms with van der Waals surface area (Å²) in [5.41, 5.74) is -1.44. The molecule has 0 amide bonds. The van der Waals surface area contributed by atoms with Crippen LogP contribution in [0.1, 0.15) is 83.6 Å². The van der Waals surface area contributed by atoms with Gasteiger partial charge in [0, 0.05) is 30.7 Å². The zero-order valence-electron chi connectivity index (χ0n) is 19.3. The molecule has 1 aromatic rings. The van der Waals surface area contributed by atoms with Crippen LogP contribution in [0, 0.1) is 28.6 Å². The molecule has 0 saturated heterocycles. The van der Waals surface area contributed by atoms with Crippen LogP contribution in [-0.4, -0.2) is 28.6 Å². The van der Waals surface area contributed by atoms with E-state index in [9.17, 15) is 19.5 Å². The maximum atomic E-state index is 13.5. The van der Waals surface area contributed by atoms with Crippen molar-refractivity contribution in [1.82, 2.24) is 0 Å². The molecule has 1 heterocycles. The zero-order chi connectivity index (χ0) is 22.9. The van der Waals surface area contributed by atoms with E-state index in [0.717, 1.165) is 50.5 Å². The molecule has 174 valence electrons. The molecule has 4 saturated carbocycles. The fourth-order valence-corrected chi connectivity index (χ4v) is 8.38. The van der Waals surface area contributed by atoms with E-state index < -0.39 is 16.6 Å². The van der Waals surface area contributed by atoms with Crippen LogP contribution in [0.25, 0.3) is 0 Å². The molecule has 1 unspecified atom stereocenters. The summed E-state index contributed by atoms with van der Waals surface area (Å²) >= 11 is 0. The van der Waals surface area contributed by atoms with Crippen LogP contribution in [0.4, 0.5) is 0 Å². The molecule has 0 radical (unpaired) electrons. The van der Waals surface area contributed by atoms with Gasteiger partial charge in [0.05, 0.1) is 6.26 Å². The molecule has 6 heteroatoms. The van der Waals surface area contributed by atoms with Gasteiger partial charge in [-0.25, -0.2) is 4.79 Å². The number of carbonyl (C=O) groups is 2. The summed E-state index contributed by atoms with van der Waals surface area (Å²) < 4.78 is 10.7. The highest BCUT2D eigenvalue weighted by Crippen LogP contribution is 2.69. The number of ether oxygens (including phenoxy) is 1. The van der Waals surface area contributed by atoms with Gasteiger partial charge >= 0.3 is 11.6 Å². The molecule has 32 heavy (non-hydrogen) atoms. The Kier molecular flexibility index (Phi) is 4.97. The lowest BCUT2D eigenvalue weighted by Crippen LogP contribution is -2.64. The first-order valence-electron chi connectivity index (χ1n) is 12.1. The Hall–Kier alpha value is -1.95. The van der Waals surface area contributed by atoms with Gasteiger partial charge in [-0.05, 0) is 79.7 Å². The van der Waals surface area contributed by atoms with E-state index in [1.54, 1.807) is 6.07 Å². The van der Waals surface area contributed by atoms with Crippen LogP contribution in [-0.2, 0) is 14.3 Å². The van der Waals surface area contributed by atoms with Gasteiger partial charge in [-0.15, -0.1) is 0 Å². The van der Waals surface area contributed by atoms with E-state index in [0.29, 0.717) is 12.3 Å². The molecule has 4 aliphatic carbocycles. The number of carbonyl (C=O) groups excluding carboxylic acids is 2. The summed E-state index contributed by atoms with van der Waals surface area (Å²) in [6.07, 6.45) is 7.98. The highest BCUT2D eigenvalue weighted by atomic mass is 16.5. The number of aliphatic hydroxyl groups is 1. The second-order valence-electron chi connectivity index (χ2n) is 11.3. The fourth-order valence-electron chi connectivity index (χ4n) is 8.38. The minimum absolute atomic E-state index is 0.00991. The summed E-state index contributed by atoms with van der Waals surface area (Å²) in [5.74, 6) is 0.270. The van der Waals surface area contributed by atoms with E-state index in [4.69, 9.17) is 9.15 Å². The minimum atomic E-state index is -1.35. The molecule has 0 bridgehead atoms. The number of Topliss-reactive ketones (excluding diaryl/α,β-unsaturated/α-hetero) is 1. The summed E-state index contributed by atoms with van der Waals surface area (Å²) in [4.78, 5) is 36.4. The molecular formula is C26H34O6. The van der Waals surface area contributed by atoms with Gasteiger partial charge in [-0.2, -0.15) is 0 Å². The number of hydrogen-bond donors (Lipinski definition) is 1. The Bertz CT molecular complexity index is 978. The van der Waals surface area contributed by atoms with Crippen molar-refractivity contribution in [3.8, 4) is 0 Å². The molecule has 0 aromatic carbocycles. The average molecular weight is 443 g/mol. The van der Waals surface area contributed by atoms with Crippen molar-refractivity contribution in [3.63, 3.8) is 0 Å². The van der Waals surface area contributed by atoms with Crippen molar-refractivity contribution in [2.45, 2.75) is 89.8 Å². The van der Waals surface area contributed by atoms with Gasteiger partial charge in [-0.1, -0.05) is 13.8 Å². The Morgan fingerprint density at radius 2 is 1.88 bits per heavy atom. The van der Waals surface area contributed by atoms with E-state index >= 15 is 0 Å². The molecular weight excluding hydrogens is 408 g/mol. The Morgan fingerprint density at radius 1 is 1.09 bits per heavy atom. The van der Waals surface area contributed by atoms with Gasteiger partial charge in [0.1, 0.15) is 11.7 Å². The second-order valence-corrected chi connectivity index (χ2v) is 11.3. The lowest BCUT2D eigenvalue weighted by Gasteiger charge is -2.63. The number of ketones is 1. The van der Waals surface area contributed by atoms with Crippen LogP contribution in [0.3, 0.4) is 0 Å². The van der Waals surface area contributed by atoms with Gasteiger partial charge in [0.25, 0.3) is 0 Å². The highest BCUT2D eigenvalue weighted by molar-refractivity contribution is 5.92. The van der Waals surface area contributed by atoms with Crippen LogP contribution in [0.15, 0.2) is 27.6 Å². The predicted molar refractivity (Wildman–Crippen MR) is 117 cm³/mol. The Balaban J connectivity index is 1.45. The first-order chi connectivity index (χ1) is 15.1. The fraction of sp³-hybridized carbons (Fsp3) is 0.731. The SMILES string of the molecule is CC(=O)O[C@H]1CC[C@@]2(C)[C@H](CCC3[C@@H]2CC[C@]2(C)[C@@H](c4ccc(=O)oc4)CC(=O)[C@]32O)C1. The van der Waals surface area contributed by atoms with Crippen molar-refractivity contribution >= 4 is 11.8 Å². The van der Waals surface area contributed by atoms with Crippen LogP contribution in [0.2, 0.25) is 0 Å². The van der Waals surface area contributed by atoms with Crippen molar-refractivity contribution in [1.29, 1.82) is 0 Å². The lowest BCUT2D eigenvalue weighted by molar-refractivity contribution is -0.206. The number of hydrogen-bond acceptors (Lipinski definition) is 6. The summed E-state index contributed by atoms with van der Waals surface area (Å²) in [7, 11) is 0. The van der Waals surface area contributed by atoms with E-state index in [1.165, 1.54) is 19.3 Å². The van der Waals surface area contributed by atoms with Gasteiger partial charge in [-0.3, -0.25) is 9.59 Å². The molecule has 1 aromatic heterocycles. The van der Waals surface area contributed by atoms with Crippen molar-refractivity contribution in [2.24, 2.45) is 28.6 Å². The Morgan fingerprint density at radius 3 is 2.56 bits per heavy atom. The van der Waals surface area contributed by atoms with E-state index in [2.05, 4.69) is 13.8 Å². The minimum Gasteiger partial charge on any atom is -0.463 e. The monoisotopic (exact) mass is 442 g/mol. The normalized spacial score (nSPS) is 45.5. The van der Waals surface area contributed by atoms with Crippen molar-refractivity contribution in [2.75, 3.05) is 0 Å². The van der Waals surface area contributed by atoms with E-state index in [1.807, 2.05) is 0 Å². The third-order valence-electron chi connectivity index (χ3n) is 10.1. The quantitative estimate of drug-likeness (QED) is 0.696. The first-order valence-corrected chi connectivity index (χ1v) is 12.1. The molecule has 6 nitrogen and oxygen atoms in total. The maximum absolute atomic E-state index is 13.5. The van der Waals surface area contributed by atoms with Gasteiger partial charge < -0.3 is 14.3 Å². The van der Waals surface area contributed by atoms with Crippen LogP contribution < -0.4 is 5.63 Å². The molecule has 4 fully saturated rings. The molecule has 0 spiro atoms. The smallest absolute Gasteiger partial charge is 0.335 e. The summed E-state index contributed by atoms with van der Waals surface area (Å²) in [5, 5.41) is 12.2. The largest absolute Gasteiger partial charge is 0.463 e. The second kappa shape index (κ2) is 7.28. The lowest BCUT2D eigenvalue weighted by atomic mass is 9.43. The maximum Gasteiger partial charge on any atom is 0.335 e. The van der Waals surface area contributed by atoms with Crippen LogP contribution >= 0.6 is 0 Å². The average Bonchev–Trinajstić information content (AvgIpc) is 2.95. The third kappa shape index (κ3) is 2.91. The number of esters is 1. The number of rotatable bonds is 2. The van der Waals surface area contributed by atoms with Crippen LogP contribution in [0.5, 0.6) is 0 Å². The first kappa shape index (κ1) is 21.9. The standard InChI is InChI=1S/C26H34O6/c1-15(27)32-18-8-10-24(2)17(12-18)5-6-20-19(24)9-11-25(3)21(13-22(28)26(20,25)30)16-4-7-23(29)31-14-16/h4,7,14,17-21,30H,5-6,8-13H2,1-3H3/t17-,18+,19+,20?,21-,24+,25-,26-/m1/s1. The molecule has 1 N–H and O–H groups in total. The zero-order valence-corrected chi connectivity index (χ0v) is 19.3. The highest BCUT2D eigenvalue weighted by Gasteiger charge is 2.71. The third-order valence-corrected chi connectivity index (χ3v) is 10.1. The predicted octanol–water partition coefficient (Wildman–Crippen LogP) is 3.99. The van der Waals surface area contributed by atoms with Crippen molar-refractivity contribution in [3.05, 3.63) is 34.4 Å². The summed E-state index contributed by atoms with van der Waals surface area (Å²) in [6.45, 7) is 5.88. The summed E-state index contributed by atoms with van der Waals surface area (Å²) in [6, 6.07) is 3.15. The Labute approximate surface area is 188 Å². The molecule has 4 aliphatic rings. The molecule has 8 atom stereocenters. The van der Waals surface area contributed by atoms with Gasteiger partial charge in [0.15, 0.2) is 5.78 Å². The molecule has 0 aliphatic heterocycles. The number of fused-ring (bicyclic) bond motifs is 5. The van der Waals surface area contributed by atoms with Crippen molar-refractivity contribution < 1.29 is 23.8 Å². The topological polar surface area (TPSA) is 93.8 Å². The van der Waals surface area contributed by atoms with Gasteiger partial charge in [0.2, 0.25) is 0 Å². The van der Waals surface area contributed by atoms with E-state index in [-0.39, 0.29) is 41.0 Å². The molecule has 5 rings (SSSR count).